The first-order chi connectivity index (χ1) is 9.56. The van der Waals surface area contributed by atoms with Gasteiger partial charge in [-0.1, -0.05) is 0 Å². The molecule has 2 rings (SSSR count). The van der Waals surface area contributed by atoms with Gasteiger partial charge in [0.2, 0.25) is 5.91 Å². The number of morpholine rings is 1. The Kier molecular flexibility index (Phi) is 4.81. The second-order valence-electron chi connectivity index (χ2n) is 5.12. The number of nitrogens with zero attached hydrogens (tertiary/aromatic N) is 1. The van der Waals surface area contributed by atoms with Crippen molar-refractivity contribution >= 4 is 17.3 Å². The van der Waals surface area contributed by atoms with Crippen LogP contribution in [0, 0.1) is 0 Å². The van der Waals surface area contributed by atoms with Crippen LogP contribution in [0.15, 0.2) is 18.2 Å². The van der Waals surface area contributed by atoms with E-state index in [1.807, 2.05) is 0 Å². The van der Waals surface area contributed by atoms with Gasteiger partial charge in [-0.2, -0.15) is 0 Å². The first-order valence-corrected chi connectivity index (χ1v) is 6.82. The molecule has 1 unspecified atom stereocenters. The largest absolute Gasteiger partial charge is 0.397 e. The third-order valence-corrected chi connectivity index (χ3v) is 3.38. The number of primary amides is 1. The molecule has 0 saturated carbocycles. The van der Waals surface area contributed by atoms with Crippen LogP contribution < -0.4 is 16.8 Å². The summed E-state index contributed by atoms with van der Waals surface area (Å²) in [7, 11) is 0. The zero-order valence-electron chi connectivity index (χ0n) is 11.8. The smallest absolute Gasteiger partial charge is 0.248 e. The van der Waals surface area contributed by atoms with Crippen LogP contribution in [0.2, 0.25) is 0 Å². The molecule has 1 heterocycles. The van der Waals surface area contributed by atoms with Gasteiger partial charge in [0, 0.05) is 31.2 Å². The zero-order valence-corrected chi connectivity index (χ0v) is 11.8. The molecule has 1 aliphatic heterocycles. The number of nitrogens with one attached hydrogen (secondary N) is 1. The molecular weight excluding hydrogens is 256 g/mol. The van der Waals surface area contributed by atoms with Gasteiger partial charge in [0.05, 0.1) is 24.6 Å². The highest BCUT2D eigenvalue weighted by atomic mass is 16.5. The molecule has 1 atom stereocenters. The van der Waals surface area contributed by atoms with E-state index in [1.54, 1.807) is 18.2 Å². The standard InChI is InChI=1S/C14H22N4O2/c1-10(9-18-4-6-20-7-5-18)17-13-8-11(14(16)19)2-3-12(13)15/h2-3,8,10,17H,4-7,9,15H2,1H3,(H2,16,19). The fourth-order valence-corrected chi connectivity index (χ4v) is 2.32. The van der Waals surface area contributed by atoms with Crippen molar-refractivity contribution in [1.29, 1.82) is 0 Å². The summed E-state index contributed by atoms with van der Waals surface area (Å²) in [4.78, 5) is 13.5. The Morgan fingerprint density at radius 2 is 2.15 bits per heavy atom. The van der Waals surface area contributed by atoms with Gasteiger partial charge in [0.25, 0.3) is 0 Å². The molecule has 0 bridgehead atoms. The summed E-state index contributed by atoms with van der Waals surface area (Å²) in [6.45, 7) is 6.46. The van der Waals surface area contributed by atoms with E-state index in [9.17, 15) is 4.79 Å². The molecule has 0 radical (unpaired) electrons. The lowest BCUT2D eigenvalue weighted by molar-refractivity contribution is 0.0368. The quantitative estimate of drug-likeness (QED) is 0.682. The molecule has 1 amide bonds. The van der Waals surface area contributed by atoms with Gasteiger partial charge in [-0.05, 0) is 25.1 Å². The van der Waals surface area contributed by atoms with Crippen molar-refractivity contribution in [2.24, 2.45) is 5.73 Å². The molecule has 0 aliphatic carbocycles. The first kappa shape index (κ1) is 14.6. The van der Waals surface area contributed by atoms with Gasteiger partial charge in [-0.3, -0.25) is 9.69 Å². The predicted molar refractivity (Wildman–Crippen MR) is 79.7 cm³/mol. The Bertz CT molecular complexity index is 472. The molecule has 6 nitrogen and oxygen atoms in total. The summed E-state index contributed by atoms with van der Waals surface area (Å²) < 4.78 is 5.33. The number of anilines is 2. The van der Waals surface area contributed by atoms with Crippen LogP contribution in [0.25, 0.3) is 0 Å². The lowest BCUT2D eigenvalue weighted by Crippen LogP contribution is -2.42. The number of carbonyl (C=O) groups is 1. The third-order valence-electron chi connectivity index (χ3n) is 3.38. The number of hydrogen-bond acceptors (Lipinski definition) is 5. The Morgan fingerprint density at radius 1 is 1.45 bits per heavy atom. The van der Waals surface area contributed by atoms with Crippen molar-refractivity contribution in [3.05, 3.63) is 23.8 Å². The highest BCUT2D eigenvalue weighted by molar-refractivity contribution is 5.94. The topological polar surface area (TPSA) is 93.6 Å². The zero-order chi connectivity index (χ0) is 14.5. The minimum atomic E-state index is -0.450. The monoisotopic (exact) mass is 278 g/mol. The van der Waals surface area contributed by atoms with Gasteiger partial charge in [0.1, 0.15) is 0 Å². The number of nitrogens with two attached hydrogens (primary N) is 2. The molecule has 1 aromatic carbocycles. The van der Waals surface area contributed by atoms with Gasteiger partial charge in [-0.15, -0.1) is 0 Å². The number of benzene rings is 1. The average molecular weight is 278 g/mol. The molecule has 20 heavy (non-hydrogen) atoms. The van der Waals surface area contributed by atoms with E-state index >= 15 is 0 Å². The summed E-state index contributed by atoms with van der Waals surface area (Å²) in [6, 6.07) is 5.26. The van der Waals surface area contributed by atoms with E-state index in [0.717, 1.165) is 38.5 Å². The lowest BCUT2D eigenvalue weighted by Gasteiger charge is -2.30. The number of rotatable bonds is 5. The number of ether oxygens (including phenoxy) is 1. The number of amides is 1. The van der Waals surface area contributed by atoms with Gasteiger partial charge < -0.3 is 21.5 Å². The molecule has 1 saturated heterocycles. The molecule has 110 valence electrons. The molecule has 6 heteroatoms. The summed E-state index contributed by atoms with van der Waals surface area (Å²) in [5.74, 6) is -0.450. The molecule has 0 spiro atoms. The average Bonchev–Trinajstić information content (AvgIpc) is 2.42. The van der Waals surface area contributed by atoms with Crippen molar-refractivity contribution < 1.29 is 9.53 Å². The summed E-state index contributed by atoms with van der Waals surface area (Å²) in [5.41, 5.74) is 13.0. The summed E-state index contributed by atoms with van der Waals surface area (Å²) in [6.07, 6.45) is 0. The van der Waals surface area contributed by atoms with Gasteiger partial charge in [0.15, 0.2) is 0 Å². The molecule has 1 aliphatic rings. The lowest BCUT2D eigenvalue weighted by atomic mass is 10.1. The minimum absolute atomic E-state index is 0.221. The maximum Gasteiger partial charge on any atom is 0.248 e. The highest BCUT2D eigenvalue weighted by Crippen LogP contribution is 2.21. The summed E-state index contributed by atoms with van der Waals surface area (Å²) >= 11 is 0. The normalized spacial score (nSPS) is 17.6. The third kappa shape index (κ3) is 3.85. The van der Waals surface area contributed by atoms with Crippen molar-refractivity contribution in [3.8, 4) is 0 Å². The Balaban J connectivity index is 1.97. The van der Waals surface area contributed by atoms with E-state index in [4.69, 9.17) is 16.2 Å². The van der Waals surface area contributed by atoms with E-state index in [2.05, 4.69) is 17.1 Å². The SMILES string of the molecule is CC(CN1CCOCC1)Nc1cc(C(N)=O)ccc1N. The molecule has 1 aromatic rings. The number of hydrogen-bond donors (Lipinski definition) is 3. The minimum Gasteiger partial charge on any atom is -0.397 e. The molecule has 5 N–H and O–H groups in total. The maximum atomic E-state index is 11.2. The van der Waals surface area contributed by atoms with Gasteiger partial charge >= 0.3 is 0 Å². The van der Waals surface area contributed by atoms with E-state index in [-0.39, 0.29) is 6.04 Å². The van der Waals surface area contributed by atoms with Crippen LogP contribution in [0.4, 0.5) is 11.4 Å². The molecule has 0 aromatic heterocycles. The Labute approximate surface area is 119 Å². The second kappa shape index (κ2) is 6.58. The molecular formula is C14H22N4O2. The molecule has 1 fully saturated rings. The maximum absolute atomic E-state index is 11.2. The van der Waals surface area contributed by atoms with E-state index in [1.165, 1.54) is 0 Å². The van der Waals surface area contributed by atoms with Crippen molar-refractivity contribution in [1.82, 2.24) is 4.90 Å². The summed E-state index contributed by atoms with van der Waals surface area (Å²) in [5, 5.41) is 3.34. The fourth-order valence-electron chi connectivity index (χ4n) is 2.32. The Hall–Kier alpha value is -1.79. The van der Waals surface area contributed by atoms with Crippen LogP contribution in [0.3, 0.4) is 0 Å². The Morgan fingerprint density at radius 3 is 2.80 bits per heavy atom. The van der Waals surface area contributed by atoms with Gasteiger partial charge in [-0.25, -0.2) is 0 Å². The number of nitrogen functional groups attached to an aromatic ring is 1. The number of carbonyl (C=O) groups excluding carboxylic acids is 1. The van der Waals surface area contributed by atoms with Crippen molar-refractivity contribution in [2.75, 3.05) is 43.9 Å². The van der Waals surface area contributed by atoms with Crippen molar-refractivity contribution in [3.63, 3.8) is 0 Å². The van der Waals surface area contributed by atoms with E-state index < -0.39 is 5.91 Å². The predicted octanol–water partition coefficient (Wildman–Crippen LogP) is 0.500. The van der Waals surface area contributed by atoms with Crippen LogP contribution >= 0.6 is 0 Å². The highest BCUT2D eigenvalue weighted by Gasteiger charge is 2.14. The van der Waals surface area contributed by atoms with Crippen LogP contribution in [-0.2, 0) is 4.74 Å². The van der Waals surface area contributed by atoms with Crippen LogP contribution in [0.5, 0.6) is 0 Å². The van der Waals surface area contributed by atoms with Crippen LogP contribution in [0.1, 0.15) is 17.3 Å². The van der Waals surface area contributed by atoms with Crippen molar-refractivity contribution in [2.45, 2.75) is 13.0 Å². The fraction of sp³-hybridized carbons (Fsp3) is 0.500. The van der Waals surface area contributed by atoms with Crippen LogP contribution in [-0.4, -0.2) is 49.7 Å². The first-order valence-electron chi connectivity index (χ1n) is 6.82. The second-order valence-corrected chi connectivity index (χ2v) is 5.12. The van der Waals surface area contributed by atoms with E-state index in [0.29, 0.717) is 11.3 Å².